The summed E-state index contributed by atoms with van der Waals surface area (Å²) in [6, 6.07) is 3.23. The van der Waals surface area contributed by atoms with E-state index in [9.17, 15) is 13.6 Å². The number of carbonyl (C=O) groups excluding carboxylic acids is 1. The van der Waals surface area contributed by atoms with E-state index in [4.69, 9.17) is 0 Å². The number of rotatable bonds is 4. The van der Waals surface area contributed by atoms with Crippen molar-refractivity contribution in [3.63, 3.8) is 0 Å². The third kappa shape index (κ3) is 3.27. The topological polar surface area (TPSA) is 41.1 Å². The van der Waals surface area contributed by atoms with E-state index in [1.165, 1.54) is 6.07 Å². The van der Waals surface area contributed by atoms with Gasteiger partial charge in [0.1, 0.15) is 0 Å². The van der Waals surface area contributed by atoms with Crippen molar-refractivity contribution in [3.05, 3.63) is 35.4 Å². The standard InChI is InChI=1S/C11H14F2N2O/c1-7(14-2)11(16)15-6-8-3-4-9(12)10(13)5-8/h3-5,7,14H,6H2,1-2H3,(H,15,16). The molecule has 0 spiro atoms. The minimum Gasteiger partial charge on any atom is -0.351 e. The number of hydrogen-bond acceptors (Lipinski definition) is 2. The van der Waals surface area contributed by atoms with Gasteiger partial charge in [-0.15, -0.1) is 0 Å². The van der Waals surface area contributed by atoms with Crippen molar-refractivity contribution in [1.82, 2.24) is 10.6 Å². The summed E-state index contributed by atoms with van der Waals surface area (Å²) in [5.41, 5.74) is 0.524. The molecular weight excluding hydrogens is 214 g/mol. The van der Waals surface area contributed by atoms with Gasteiger partial charge in [-0.05, 0) is 31.7 Å². The number of likely N-dealkylation sites (N-methyl/N-ethyl adjacent to an activating group) is 1. The van der Waals surface area contributed by atoms with E-state index in [1.54, 1.807) is 14.0 Å². The second-order valence-corrected chi connectivity index (χ2v) is 3.48. The summed E-state index contributed by atoms with van der Waals surface area (Å²) in [5.74, 6) is -1.99. The summed E-state index contributed by atoms with van der Waals surface area (Å²) in [6.45, 7) is 1.89. The van der Waals surface area contributed by atoms with Crippen molar-refractivity contribution in [3.8, 4) is 0 Å². The Balaban J connectivity index is 2.55. The summed E-state index contributed by atoms with van der Waals surface area (Å²) in [4.78, 5) is 11.4. The van der Waals surface area contributed by atoms with Crippen molar-refractivity contribution >= 4 is 5.91 Å². The van der Waals surface area contributed by atoms with Crippen LogP contribution in [0.4, 0.5) is 8.78 Å². The van der Waals surface area contributed by atoms with Gasteiger partial charge in [-0.3, -0.25) is 4.79 Å². The molecule has 0 saturated heterocycles. The fourth-order valence-corrected chi connectivity index (χ4v) is 1.12. The molecule has 0 heterocycles. The van der Waals surface area contributed by atoms with Gasteiger partial charge in [0.05, 0.1) is 6.04 Å². The molecule has 0 aliphatic rings. The Morgan fingerprint density at radius 1 is 1.38 bits per heavy atom. The van der Waals surface area contributed by atoms with Crippen molar-refractivity contribution in [2.24, 2.45) is 0 Å². The third-order valence-electron chi connectivity index (χ3n) is 2.28. The molecule has 0 aromatic heterocycles. The van der Waals surface area contributed by atoms with E-state index in [-0.39, 0.29) is 18.5 Å². The second kappa shape index (κ2) is 5.55. The van der Waals surface area contributed by atoms with Gasteiger partial charge in [0.2, 0.25) is 5.91 Å². The van der Waals surface area contributed by atoms with Crippen molar-refractivity contribution in [1.29, 1.82) is 0 Å². The van der Waals surface area contributed by atoms with Crippen LogP contribution in [0.2, 0.25) is 0 Å². The Morgan fingerprint density at radius 2 is 2.06 bits per heavy atom. The molecule has 3 nitrogen and oxygen atoms in total. The van der Waals surface area contributed by atoms with E-state index in [2.05, 4.69) is 10.6 Å². The Morgan fingerprint density at radius 3 is 2.62 bits per heavy atom. The lowest BCUT2D eigenvalue weighted by molar-refractivity contribution is -0.122. The molecule has 1 aromatic rings. The molecule has 1 atom stereocenters. The minimum absolute atomic E-state index is 0.183. The monoisotopic (exact) mass is 228 g/mol. The molecule has 5 heteroatoms. The van der Waals surface area contributed by atoms with Crippen LogP contribution < -0.4 is 10.6 Å². The van der Waals surface area contributed by atoms with Crippen LogP contribution in [0.15, 0.2) is 18.2 Å². The smallest absolute Gasteiger partial charge is 0.237 e. The van der Waals surface area contributed by atoms with Gasteiger partial charge in [-0.25, -0.2) is 8.78 Å². The van der Waals surface area contributed by atoms with Gasteiger partial charge in [0.25, 0.3) is 0 Å². The molecular formula is C11H14F2N2O. The predicted molar refractivity (Wildman–Crippen MR) is 56.7 cm³/mol. The first-order chi connectivity index (χ1) is 7.54. The Bertz CT molecular complexity index is 382. The number of nitrogens with one attached hydrogen (secondary N) is 2. The Labute approximate surface area is 92.8 Å². The van der Waals surface area contributed by atoms with E-state index in [0.29, 0.717) is 5.56 Å². The summed E-state index contributed by atoms with van der Waals surface area (Å²) in [6.07, 6.45) is 0. The predicted octanol–water partition coefficient (Wildman–Crippen LogP) is 1.19. The molecule has 88 valence electrons. The number of benzene rings is 1. The SMILES string of the molecule is CNC(C)C(=O)NCc1ccc(F)c(F)c1. The van der Waals surface area contributed by atoms with E-state index < -0.39 is 11.6 Å². The van der Waals surface area contributed by atoms with Crippen molar-refractivity contribution < 1.29 is 13.6 Å². The molecule has 16 heavy (non-hydrogen) atoms. The van der Waals surface area contributed by atoms with Crippen molar-refractivity contribution in [2.75, 3.05) is 7.05 Å². The van der Waals surface area contributed by atoms with Crippen LogP contribution in [0.1, 0.15) is 12.5 Å². The van der Waals surface area contributed by atoms with Crippen LogP contribution in [-0.4, -0.2) is 19.0 Å². The van der Waals surface area contributed by atoms with Crippen LogP contribution in [0, 0.1) is 11.6 Å². The summed E-state index contributed by atoms with van der Waals surface area (Å²) < 4.78 is 25.4. The van der Waals surface area contributed by atoms with Crippen molar-refractivity contribution in [2.45, 2.75) is 19.5 Å². The highest BCUT2D eigenvalue weighted by Gasteiger charge is 2.09. The highest BCUT2D eigenvalue weighted by atomic mass is 19.2. The average Bonchev–Trinajstić information content (AvgIpc) is 2.29. The molecule has 0 radical (unpaired) electrons. The molecule has 0 fully saturated rings. The Kier molecular flexibility index (Phi) is 4.37. The third-order valence-corrected chi connectivity index (χ3v) is 2.28. The van der Waals surface area contributed by atoms with Crippen LogP contribution in [0.3, 0.4) is 0 Å². The fourth-order valence-electron chi connectivity index (χ4n) is 1.12. The molecule has 2 N–H and O–H groups in total. The maximum Gasteiger partial charge on any atom is 0.237 e. The molecule has 0 aliphatic carbocycles. The molecule has 1 unspecified atom stereocenters. The fraction of sp³-hybridized carbons (Fsp3) is 0.364. The molecule has 0 saturated carbocycles. The summed E-state index contributed by atoms with van der Waals surface area (Å²) in [7, 11) is 1.67. The number of halogens is 2. The van der Waals surface area contributed by atoms with Gasteiger partial charge in [-0.1, -0.05) is 6.07 Å². The first kappa shape index (κ1) is 12.6. The largest absolute Gasteiger partial charge is 0.351 e. The quantitative estimate of drug-likeness (QED) is 0.812. The molecule has 1 aromatic carbocycles. The van der Waals surface area contributed by atoms with Crippen LogP contribution in [0.25, 0.3) is 0 Å². The van der Waals surface area contributed by atoms with E-state index >= 15 is 0 Å². The van der Waals surface area contributed by atoms with Gasteiger partial charge in [-0.2, -0.15) is 0 Å². The van der Waals surface area contributed by atoms with Crippen LogP contribution in [-0.2, 0) is 11.3 Å². The highest BCUT2D eigenvalue weighted by molar-refractivity contribution is 5.81. The summed E-state index contributed by atoms with van der Waals surface area (Å²) in [5, 5.41) is 5.38. The second-order valence-electron chi connectivity index (χ2n) is 3.48. The van der Waals surface area contributed by atoms with Gasteiger partial charge in [0, 0.05) is 6.54 Å². The molecule has 1 rings (SSSR count). The minimum atomic E-state index is -0.909. The zero-order valence-electron chi connectivity index (χ0n) is 9.18. The lowest BCUT2D eigenvalue weighted by atomic mass is 10.2. The van der Waals surface area contributed by atoms with Crippen LogP contribution >= 0.6 is 0 Å². The lowest BCUT2D eigenvalue weighted by Crippen LogP contribution is -2.40. The zero-order chi connectivity index (χ0) is 12.1. The highest BCUT2D eigenvalue weighted by Crippen LogP contribution is 2.08. The first-order valence-corrected chi connectivity index (χ1v) is 4.93. The number of amides is 1. The maximum atomic E-state index is 12.8. The van der Waals surface area contributed by atoms with Gasteiger partial charge < -0.3 is 10.6 Å². The number of hydrogen-bond donors (Lipinski definition) is 2. The van der Waals surface area contributed by atoms with Gasteiger partial charge in [0.15, 0.2) is 11.6 Å². The van der Waals surface area contributed by atoms with Gasteiger partial charge >= 0.3 is 0 Å². The normalized spacial score (nSPS) is 12.2. The maximum absolute atomic E-state index is 12.8. The lowest BCUT2D eigenvalue weighted by Gasteiger charge is -2.10. The first-order valence-electron chi connectivity index (χ1n) is 4.93. The van der Waals surface area contributed by atoms with E-state index in [0.717, 1.165) is 12.1 Å². The summed E-state index contributed by atoms with van der Waals surface area (Å²) >= 11 is 0. The van der Waals surface area contributed by atoms with E-state index in [1.807, 2.05) is 0 Å². The molecule has 1 amide bonds. The zero-order valence-corrected chi connectivity index (χ0v) is 9.18. The molecule has 0 aliphatic heterocycles. The molecule has 0 bridgehead atoms. The Hall–Kier alpha value is -1.49. The average molecular weight is 228 g/mol. The number of carbonyl (C=O) groups is 1. The van der Waals surface area contributed by atoms with Crippen LogP contribution in [0.5, 0.6) is 0 Å².